The lowest BCUT2D eigenvalue weighted by molar-refractivity contribution is -0.153. The first kappa shape index (κ1) is 60.4. The first-order chi connectivity index (χ1) is 37.0. The molecule has 0 saturated heterocycles. The summed E-state index contributed by atoms with van der Waals surface area (Å²) in [7, 11) is 0. The second-order valence-corrected chi connectivity index (χ2v) is 16.6. The number of carbonyl (C=O) groups excluding carboxylic acids is 6. The number of esters is 6. The fraction of sp³-hybridized carbons (Fsp3) is 0.286. The predicted molar refractivity (Wildman–Crippen MR) is 264 cm³/mol. The Morgan fingerprint density at radius 2 is 0.769 bits per heavy atom. The Hall–Kier alpha value is -8.50. The molecule has 0 aliphatic carbocycles. The number of carbonyl (C=O) groups is 6. The molecule has 0 unspecified atom stereocenters. The molecule has 5 aromatic carbocycles. The lowest BCUT2D eigenvalue weighted by Crippen LogP contribution is -2.22. The second-order valence-electron chi connectivity index (χ2n) is 16.6. The molecule has 0 aromatic heterocycles. The van der Waals surface area contributed by atoms with Crippen molar-refractivity contribution in [3.63, 3.8) is 0 Å². The molecule has 0 N–H and O–H groups in total. The van der Waals surface area contributed by atoms with Gasteiger partial charge in [-0.3, -0.25) is 9.59 Å². The highest BCUT2D eigenvalue weighted by atomic mass is 19.4. The largest absolute Gasteiger partial charge is 0.491 e. The van der Waals surface area contributed by atoms with Crippen molar-refractivity contribution in [3.8, 4) is 34.5 Å². The quantitative estimate of drug-likeness (QED) is 0.0151. The highest BCUT2D eigenvalue weighted by molar-refractivity contribution is 5.93. The normalized spacial score (nSPS) is 11.2. The number of rotatable bonds is 28. The maximum Gasteiger partial charge on any atom is 0.422 e. The van der Waals surface area contributed by atoms with Crippen LogP contribution in [0.4, 0.5) is 26.3 Å². The molecule has 0 amide bonds. The molecule has 0 aliphatic rings. The van der Waals surface area contributed by atoms with Gasteiger partial charge < -0.3 is 47.4 Å². The zero-order valence-electron chi connectivity index (χ0n) is 42.1. The number of alkyl halides is 6. The maximum atomic E-state index is 13.1. The molecule has 0 aliphatic heterocycles. The molecule has 0 spiro atoms. The topological polar surface area (TPSA) is 195 Å². The van der Waals surface area contributed by atoms with E-state index < -0.39 is 59.3 Å². The minimum atomic E-state index is -4.87. The van der Waals surface area contributed by atoms with Crippen molar-refractivity contribution in [2.45, 2.75) is 51.9 Å². The van der Waals surface area contributed by atoms with Crippen LogP contribution >= 0.6 is 0 Å². The van der Waals surface area contributed by atoms with Gasteiger partial charge in [0.05, 0.1) is 37.6 Å². The molecule has 0 heterocycles. The van der Waals surface area contributed by atoms with Gasteiger partial charge in [0, 0.05) is 12.8 Å². The summed E-state index contributed by atoms with van der Waals surface area (Å²) in [6.45, 7) is 8.02. The summed E-state index contributed by atoms with van der Waals surface area (Å²) in [5, 5.41) is 0. The highest BCUT2D eigenvalue weighted by Gasteiger charge is 2.38. The minimum Gasteiger partial charge on any atom is -0.491 e. The van der Waals surface area contributed by atoms with Gasteiger partial charge in [-0.25, -0.2) is 19.2 Å². The van der Waals surface area contributed by atoms with E-state index in [1.807, 2.05) is 0 Å². The fourth-order valence-corrected chi connectivity index (χ4v) is 6.56. The Balaban J connectivity index is 0.957. The van der Waals surface area contributed by atoms with Crippen molar-refractivity contribution in [2.75, 3.05) is 52.9 Å². The molecule has 16 nitrogen and oxygen atoms in total. The summed E-state index contributed by atoms with van der Waals surface area (Å²) in [5.41, 5.74) is -0.211. The molecule has 78 heavy (non-hydrogen) atoms. The van der Waals surface area contributed by atoms with Crippen molar-refractivity contribution >= 4 is 35.8 Å². The van der Waals surface area contributed by atoms with Gasteiger partial charge in [-0.05, 0) is 134 Å². The first-order valence-corrected chi connectivity index (χ1v) is 23.7. The van der Waals surface area contributed by atoms with E-state index in [-0.39, 0.29) is 99.8 Å². The van der Waals surface area contributed by atoms with Crippen LogP contribution < -0.4 is 28.4 Å². The van der Waals surface area contributed by atoms with Gasteiger partial charge >= 0.3 is 48.2 Å². The molecular formula is C56H52F6O16. The number of halogens is 6. The van der Waals surface area contributed by atoms with Crippen LogP contribution in [-0.4, -0.2) is 101 Å². The van der Waals surface area contributed by atoms with E-state index in [4.69, 9.17) is 37.9 Å². The van der Waals surface area contributed by atoms with Crippen molar-refractivity contribution in [1.82, 2.24) is 0 Å². The number of benzene rings is 5. The minimum absolute atomic E-state index is 0.0465. The van der Waals surface area contributed by atoms with Gasteiger partial charge in [0.25, 0.3) is 0 Å². The summed E-state index contributed by atoms with van der Waals surface area (Å²) < 4.78 is 127. The Morgan fingerprint density at radius 3 is 1.14 bits per heavy atom. The smallest absolute Gasteiger partial charge is 0.422 e. The van der Waals surface area contributed by atoms with Gasteiger partial charge in [-0.1, -0.05) is 37.4 Å². The maximum absolute atomic E-state index is 13.1. The van der Waals surface area contributed by atoms with Crippen LogP contribution in [0.15, 0.2) is 133 Å². The number of hydrogen-bond donors (Lipinski definition) is 0. The van der Waals surface area contributed by atoms with E-state index in [2.05, 4.69) is 22.6 Å². The Labute approximate surface area is 443 Å². The van der Waals surface area contributed by atoms with Crippen LogP contribution in [0.1, 0.15) is 55.8 Å². The molecule has 0 saturated carbocycles. The highest BCUT2D eigenvalue weighted by Crippen LogP contribution is 2.31. The molecule has 5 rings (SSSR count). The van der Waals surface area contributed by atoms with Crippen molar-refractivity contribution in [1.29, 1.82) is 0 Å². The summed E-state index contributed by atoms with van der Waals surface area (Å²) in [5.74, 6) is -3.67. The molecule has 5 aromatic rings. The fourth-order valence-electron chi connectivity index (χ4n) is 6.56. The molecule has 22 heteroatoms. The van der Waals surface area contributed by atoms with Crippen LogP contribution in [0.3, 0.4) is 0 Å². The van der Waals surface area contributed by atoms with Crippen LogP contribution in [0.2, 0.25) is 0 Å². The van der Waals surface area contributed by atoms with Crippen LogP contribution in [0.25, 0.3) is 0 Å². The monoisotopic (exact) mass is 1090 g/mol. The van der Waals surface area contributed by atoms with E-state index in [9.17, 15) is 55.1 Å². The number of ether oxygens (including phenoxy) is 10. The van der Waals surface area contributed by atoms with Gasteiger partial charge in [-0.2, -0.15) is 26.3 Å². The SMILES string of the molecule is C=C(C(=O)OCCOCCOc1ccc(CCC(=O)Oc2ccc(C(=O)Oc3cc(C)c(OC(=O)c4ccc(OC(=O)CCc5ccc(OCCOCCOC(=O)C(=C)C(F)(F)F)cc5)cc4)c(C)c3)cc2)cc1)C(F)(F)F. The first-order valence-electron chi connectivity index (χ1n) is 23.7. The van der Waals surface area contributed by atoms with Gasteiger partial charge in [0.1, 0.15) is 72.1 Å². The van der Waals surface area contributed by atoms with E-state index in [1.165, 1.54) is 60.7 Å². The number of aryl methyl sites for hydroxylation is 4. The van der Waals surface area contributed by atoms with E-state index in [0.29, 0.717) is 35.5 Å². The molecule has 0 atom stereocenters. The van der Waals surface area contributed by atoms with Crippen molar-refractivity contribution in [2.24, 2.45) is 0 Å². The Bertz CT molecular complexity index is 2860. The molecule has 0 fully saturated rings. The third-order valence-corrected chi connectivity index (χ3v) is 10.7. The zero-order valence-corrected chi connectivity index (χ0v) is 42.1. The van der Waals surface area contributed by atoms with Crippen molar-refractivity contribution < 1.29 is 102 Å². The third-order valence-electron chi connectivity index (χ3n) is 10.7. The van der Waals surface area contributed by atoms with E-state index in [0.717, 1.165) is 11.1 Å². The van der Waals surface area contributed by atoms with Crippen LogP contribution in [0, 0.1) is 13.8 Å². The van der Waals surface area contributed by atoms with E-state index in [1.54, 1.807) is 62.4 Å². The molecule has 0 bridgehead atoms. The van der Waals surface area contributed by atoms with E-state index >= 15 is 0 Å². The molecule has 414 valence electrons. The third kappa shape index (κ3) is 20.2. The summed E-state index contributed by atoms with van der Waals surface area (Å²) in [6, 6.07) is 28.4. The van der Waals surface area contributed by atoms with Crippen LogP contribution in [-0.2, 0) is 51.0 Å². The standard InChI is InChI=1S/C56H52F6O16/c1-35-33-47(77-53(67)41-11-19-45(20-12-41)75-48(63)23-9-39-5-15-43(16-6-39)71-29-25-69-27-31-73-51(65)37(3)55(57,58)59)34-36(2)50(35)78-54(68)42-13-21-46(22-14-42)76-49(64)24-10-40-7-17-44(18-8-40)72-30-26-70-28-32-74-52(66)38(4)56(60,61)62/h5-8,11-22,33-34H,3-4,9-10,23-32H2,1-2H3. The Kier molecular flexibility index (Phi) is 22.5. The lowest BCUT2D eigenvalue weighted by Gasteiger charge is -2.13. The number of hydrogen-bond acceptors (Lipinski definition) is 16. The van der Waals surface area contributed by atoms with Crippen molar-refractivity contribution in [3.05, 3.63) is 167 Å². The second kappa shape index (κ2) is 29.1. The average Bonchev–Trinajstić information content (AvgIpc) is 3.40. The predicted octanol–water partition coefficient (Wildman–Crippen LogP) is 9.93. The molecule has 0 radical (unpaired) electrons. The summed E-state index contributed by atoms with van der Waals surface area (Å²) in [6.07, 6.45) is -8.93. The Morgan fingerprint density at radius 1 is 0.423 bits per heavy atom. The summed E-state index contributed by atoms with van der Waals surface area (Å²) in [4.78, 5) is 73.9. The van der Waals surface area contributed by atoms with Gasteiger partial charge in [-0.15, -0.1) is 0 Å². The van der Waals surface area contributed by atoms with Crippen LogP contribution in [0.5, 0.6) is 34.5 Å². The van der Waals surface area contributed by atoms with Gasteiger partial charge in [0.15, 0.2) is 0 Å². The molecular weight excluding hydrogens is 1040 g/mol. The van der Waals surface area contributed by atoms with Gasteiger partial charge in [0.2, 0.25) is 0 Å². The average molecular weight is 1100 g/mol. The lowest BCUT2D eigenvalue weighted by atomic mass is 10.1. The summed E-state index contributed by atoms with van der Waals surface area (Å²) >= 11 is 0. The zero-order chi connectivity index (χ0) is 56.8.